The number of carbonyl (C=O) groups excluding carboxylic acids is 1. The first-order valence-electron chi connectivity index (χ1n) is 7.92. The molecule has 26 heavy (non-hydrogen) atoms. The lowest BCUT2D eigenvalue weighted by molar-refractivity contribution is -0.123. The molecule has 0 saturated carbocycles. The minimum absolute atomic E-state index is 0.193. The number of thiazole rings is 1. The molecule has 10 heteroatoms. The summed E-state index contributed by atoms with van der Waals surface area (Å²) in [6.07, 6.45) is 0.634. The minimum atomic E-state index is -3.70. The molecule has 140 valence electrons. The van der Waals surface area contributed by atoms with Crippen molar-refractivity contribution >= 4 is 55.0 Å². The Kier molecular flexibility index (Phi) is 6.39. The predicted octanol–water partition coefficient (Wildman–Crippen LogP) is 2.64. The van der Waals surface area contributed by atoms with Crippen molar-refractivity contribution in [2.24, 2.45) is 0 Å². The molecule has 1 unspecified atom stereocenters. The lowest BCUT2D eigenvalue weighted by atomic mass is 10.3. The van der Waals surface area contributed by atoms with E-state index in [-0.39, 0.29) is 16.7 Å². The van der Waals surface area contributed by atoms with E-state index in [9.17, 15) is 13.2 Å². The maximum absolute atomic E-state index is 12.9. The van der Waals surface area contributed by atoms with Gasteiger partial charge in [-0.25, -0.2) is 13.4 Å². The minimum Gasteiger partial charge on any atom is -0.354 e. The number of sulfonamides is 1. The molecule has 0 spiro atoms. The fraction of sp³-hybridized carbons (Fsp3) is 0.375. The van der Waals surface area contributed by atoms with Crippen LogP contribution in [0.15, 0.2) is 39.0 Å². The largest absolute Gasteiger partial charge is 0.354 e. The third kappa shape index (κ3) is 4.48. The first kappa shape index (κ1) is 19.8. The van der Waals surface area contributed by atoms with Gasteiger partial charge in [0.25, 0.3) is 0 Å². The first-order valence-corrected chi connectivity index (χ1v) is 12.2. The van der Waals surface area contributed by atoms with E-state index in [1.54, 1.807) is 35.6 Å². The van der Waals surface area contributed by atoms with Gasteiger partial charge in [-0.3, -0.25) is 4.79 Å². The number of rotatable bonds is 6. The van der Waals surface area contributed by atoms with Crippen LogP contribution in [0.2, 0.25) is 0 Å². The maximum Gasteiger partial charge on any atom is 0.244 e. The molecule has 1 aromatic carbocycles. The Balaban J connectivity index is 1.65. The molecule has 1 fully saturated rings. The Labute approximate surface area is 169 Å². The van der Waals surface area contributed by atoms with Crippen LogP contribution in [0.5, 0.6) is 0 Å². The van der Waals surface area contributed by atoms with Crippen LogP contribution >= 0.6 is 39.0 Å². The van der Waals surface area contributed by atoms with Crippen molar-refractivity contribution in [3.05, 3.63) is 44.8 Å². The van der Waals surface area contributed by atoms with Crippen LogP contribution in [0.3, 0.4) is 0 Å². The van der Waals surface area contributed by atoms with Crippen molar-refractivity contribution in [3.63, 3.8) is 0 Å². The number of benzene rings is 1. The van der Waals surface area contributed by atoms with E-state index in [0.717, 1.165) is 15.2 Å². The molecule has 1 saturated heterocycles. The molecule has 1 aliphatic heterocycles. The van der Waals surface area contributed by atoms with Crippen molar-refractivity contribution in [3.8, 4) is 0 Å². The van der Waals surface area contributed by atoms with Crippen LogP contribution in [0.1, 0.15) is 10.7 Å². The Morgan fingerprint density at radius 3 is 2.77 bits per heavy atom. The molecule has 6 nitrogen and oxygen atoms in total. The quantitative estimate of drug-likeness (QED) is 0.694. The predicted molar refractivity (Wildman–Crippen MR) is 108 cm³/mol. The van der Waals surface area contributed by atoms with E-state index >= 15 is 0 Å². The van der Waals surface area contributed by atoms with Crippen LogP contribution in [-0.2, 0) is 21.2 Å². The summed E-state index contributed by atoms with van der Waals surface area (Å²) in [7, 11) is -3.70. The van der Waals surface area contributed by atoms with Gasteiger partial charge < -0.3 is 5.32 Å². The summed E-state index contributed by atoms with van der Waals surface area (Å²) >= 11 is 6.31. The van der Waals surface area contributed by atoms with E-state index in [0.29, 0.717) is 18.7 Å². The molecule has 0 radical (unpaired) electrons. The van der Waals surface area contributed by atoms with E-state index in [2.05, 4.69) is 26.2 Å². The number of nitrogens with zero attached hydrogens (tertiary/aromatic N) is 2. The zero-order chi connectivity index (χ0) is 18.7. The van der Waals surface area contributed by atoms with Gasteiger partial charge in [0.2, 0.25) is 15.9 Å². The normalized spacial score (nSPS) is 18.2. The summed E-state index contributed by atoms with van der Waals surface area (Å²) in [5.74, 6) is 0.474. The fourth-order valence-electron chi connectivity index (χ4n) is 2.57. The van der Waals surface area contributed by atoms with Crippen molar-refractivity contribution in [2.75, 3.05) is 18.2 Å². The second kappa shape index (κ2) is 8.39. The summed E-state index contributed by atoms with van der Waals surface area (Å²) in [4.78, 5) is 17.1. The van der Waals surface area contributed by atoms with Gasteiger partial charge in [-0.05, 0) is 31.2 Å². The molecule has 0 bridgehead atoms. The number of aryl methyl sites for hydroxylation is 1. The average molecular weight is 476 g/mol. The summed E-state index contributed by atoms with van der Waals surface area (Å²) in [6, 6.07) is 5.76. The Morgan fingerprint density at radius 2 is 2.12 bits per heavy atom. The third-order valence-electron chi connectivity index (χ3n) is 3.91. The molecular weight excluding hydrogens is 458 g/mol. The number of amides is 1. The molecule has 2 aromatic rings. The lowest BCUT2D eigenvalue weighted by Gasteiger charge is -2.22. The SMILES string of the molecule is Cc1nc(CCNC(=O)C2CSCN2S(=O)(=O)c2ccc(Br)cc2)cs1. The molecule has 1 atom stereocenters. The number of aromatic nitrogens is 1. The van der Waals surface area contributed by atoms with Crippen molar-refractivity contribution in [1.29, 1.82) is 0 Å². The van der Waals surface area contributed by atoms with Crippen LogP contribution in [0, 0.1) is 6.92 Å². The standard InChI is InChI=1S/C16H18BrN3O3S3/c1-11-19-13(8-25-11)6-7-18-16(21)15-9-24-10-20(15)26(22,23)14-4-2-12(17)3-5-14/h2-5,8,15H,6-7,9-10H2,1H3,(H,18,21). The van der Waals surface area contributed by atoms with Gasteiger partial charge in [0.15, 0.2) is 0 Å². The van der Waals surface area contributed by atoms with E-state index in [1.807, 2.05) is 12.3 Å². The van der Waals surface area contributed by atoms with Crippen molar-refractivity contribution in [1.82, 2.24) is 14.6 Å². The number of thioether (sulfide) groups is 1. The Hall–Kier alpha value is -0.940. The van der Waals surface area contributed by atoms with E-state index < -0.39 is 16.1 Å². The van der Waals surface area contributed by atoms with Gasteiger partial charge in [0.05, 0.1) is 21.5 Å². The summed E-state index contributed by atoms with van der Waals surface area (Å²) in [5.41, 5.74) is 0.938. The monoisotopic (exact) mass is 475 g/mol. The second-order valence-electron chi connectivity index (χ2n) is 5.76. The molecular formula is C16H18BrN3O3S3. The molecule has 3 rings (SSSR count). The maximum atomic E-state index is 12.9. The Morgan fingerprint density at radius 1 is 1.38 bits per heavy atom. The molecule has 2 heterocycles. The summed E-state index contributed by atoms with van der Waals surface area (Å²) < 4.78 is 27.8. The number of carbonyl (C=O) groups is 1. The molecule has 0 aliphatic carbocycles. The van der Waals surface area contributed by atoms with Gasteiger partial charge in [0.1, 0.15) is 6.04 Å². The zero-order valence-corrected chi connectivity index (χ0v) is 18.0. The highest BCUT2D eigenvalue weighted by molar-refractivity contribution is 9.10. The van der Waals surface area contributed by atoms with Crippen LogP contribution in [-0.4, -0.2) is 47.8 Å². The van der Waals surface area contributed by atoms with Gasteiger partial charge in [0, 0.05) is 28.6 Å². The van der Waals surface area contributed by atoms with Gasteiger partial charge >= 0.3 is 0 Å². The fourth-order valence-corrected chi connectivity index (χ4v) is 6.63. The topological polar surface area (TPSA) is 79.4 Å². The highest BCUT2D eigenvalue weighted by Crippen LogP contribution is 2.29. The first-order chi connectivity index (χ1) is 12.4. The second-order valence-corrected chi connectivity index (χ2v) is 10.6. The van der Waals surface area contributed by atoms with Crippen molar-refractivity contribution < 1.29 is 13.2 Å². The van der Waals surface area contributed by atoms with Crippen LogP contribution < -0.4 is 5.32 Å². The lowest BCUT2D eigenvalue weighted by Crippen LogP contribution is -2.47. The van der Waals surface area contributed by atoms with Crippen LogP contribution in [0.4, 0.5) is 0 Å². The van der Waals surface area contributed by atoms with Gasteiger partial charge in [-0.2, -0.15) is 4.31 Å². The van der Waals surface area contributed by atoms with E-state index in [4.69, 9.17) is 0 Å². The molecule has 1 aliphatic rings. The van der Waals surface area contributed by atoms with Gasteiger partial charge in [-0.1, -0.05) is 15.9 Å². The van der Waals surface area contributed by atoms with Crippen molar-refractivity contribution in [2.45, 2.75) is 24.3 Å². The van der Waals surface area contributed by atoms with Crippen LogP contribution in [0.25, 0.3) is 0 Å². The average Bonchev–Trinajstić information content (AvgIpc) is 3.24. The van der Waals surface area contributed by atoms with E-state index in [1.165, 1.54) is 16.1 Å². The molecule has 1 aromatic heterocycles. The van der Waals surface area contributed by atoms with Gasteiger partial charge in [-0.15, -0.1) is 23.1 Å². The number of hydrogen-bond acceptors (Lipinski definition) is 6. The Bertz CT molecular complexity index is 884. The summed E-state index contributed by atoms with van der Waals surface area (Å²) in [5, 5.41) is 5.80. The summed E-state index contributed by atoms with van der Waals surface area (Å²) in [6.45, 7) is 2.38. The molecule has 1 amide bonds. The number of nitrogens with one attached hydrogen (secondary N) is 1. The third-order valence-corrected chi connectivity index (χ3v) is 8.31. The highest BCUT2D eigenvalue weighted by atomic mass is 79.9. The highest BCUT2D eigenvalue weighted by Gasteiger charge is 2.39. The molecule has 1 N–H and O–H groups in total. The number of halogens is 1. The number of hydrogen-bond donors (Lipinski definition) is 1. The smallest absolute Gasteiger partial charge is 0.244 e. The zero-order valence-electron chi connectivity index (χ0n) is 14.0.